The zero-order chi connectivity index (χ0) is 10.3. The molecule has 1 atom stereocenters. The third-order valence-electron chi connectivity index (χ3n) is 2.49. The first-order chi connectivity index (χ1) is 6.61. The molecule has 0 bridgehead atoms. The van der Waals surface area contributed by atoms with Crippen molar-refractivity contribution in [3.8, 4) is 0 Å². The third kappa shape index (κ3) is 1.49. The van der Waals surface area contributed by atoms with E-state index in [1.165, 1.54) is 21.8 Å². The number of hydrogen-bond donors (Lipinski definition) is 1. The second-order valence-electron chi connectivity index (χ2n) is 3.65. The Balaban J connectivity index is 2.41. The molecule has 1 aliphatic carbocycles. The Morgan fingerprint density at radius 1 is 1.57 bits per heavy atom. The molecule has 0 amide bonds. The number of halogens is 1. The van der Waals surface area contributed by atoms with Crippen LogP contribution in [0, 0.1) is 0 Å². The number of carbonyl (C=O) groups is 1. The quantitative estimate of drug-likeness (QED) is 0.792. The maximum absolute atomic E-state index is 11.7. The van der Waals surface area contributed by atoms with Gasteiger partial charge in [0.2, 0.25) is 0 Å². The number of ketones is 1. The van der Waals surface area contributed by atoms with Gasteiger partial charge in [-0.2, -0.15) is 0 Å². The van der Waals surface area contributed by atoms with Crippen LogP contribution in [0.1, 0.15) is 33.5 Å². The molecule has 2 N–H and O–H groups in total. The highest BCUT2D eigenvalue weighted by atomic mass is 35.5. The van der Waals surface area contributed by atoms with Crippen molar-refractivity contribution in [2.75, 3.05) is 0 Å². The number of nitrogens with two attached hydrogens (primary N) is 1. The predicted molar refractivity (Wildman–Crippen MR) is 59.3 cm³/mol. The molecule has 0 fully saturated rings. The van der Waals surface area contributed by atoms with E-state index in [0.717, 1.165) is 19.3 Å². The highest BCUT2D eigenvalue weighted by molar-refractivity contribution is 7.15. The maximum Gasteiger partial charge on any atom is 0.190 e. The van der Waals surface area contributed by atoms with Crippen molar-refractivity contribution in [3.05, 3.63) is 20.3 Å². The number of rotatable bonds is 2. The molecule has 1 aromatic rings. The summed E-state index contributed by atoms with van der Waals surface area (Å²) < 4.78 is 0. The molecular formula is C10H12ClNOS. The average molecular weight is 230 g/mol. The van der Waals surface area contributed by atoms with Crippen LogP contribution >= 0.6 is 22.9 Å². The second-order valence-corrected chi connectivity index (χ2v) is 5.14. The Labute approximate surface area is 92.1 Å². The topological polar surface area (TPSA) is 43.1 Å². The van der Waals surface area contributed by atoms with Crippen molar-refractivity contribution in [2.24, 2.45) is 5.73 Å². The van der Waals surface area contributed by atoms with Crippen LogP contribution in [0.15, 0.2) is 0 Å². The molecule has 2 nitrogen and oxygen atoms in total. The lowest BCUT2D eigenvalue weighted by molar-refractivity contribution is 0.0972. The Morgan fingerprint density at radius 2 is 2.29 bits per heavy atom. The first kappa shape index (κ1) is 10.1. The predicted octanol–water partition coefficient (Wildman–Crippen LogP) is 2.42. The summed E-state index contributed by atoms with van der Waals surface area (Å²) in [6.45, 7) is 1.70. The molecule has 4 heteroatoms. The summed E-state index contributed by atoms with van der Waals surface area (Å²) in [5, 5.41) is 0.657. The van der Waals surface area contributed by atoms with Crippen molar-refractivity contribution in [3.63, 3.8) is 0 Å². The molecule has 0 saturated carbocycles. The van der Waals surface area contributed by atoms with Gasteiger partial charge in [-0.1, -0.05) is 11.6 Å². The second kappa shape index (κ2) is 3.65. The van der Waals surface area contributed by atoms with E-state index in [1.807, 2.05) is 0 Å². The fraction of sp³-hybridized carbons (Fsp3) is 0.500. The van der Waals surface area contributed by atoms with Crippen LogP contribution in [0.5, 0.6) is 0 Å². The Kier molecular flexibility index (Phi) is 2.64. The fourth-order valence-electron chi connectivity index (χ4n) is 1.73. The first-order valence-corrected chi connectivity index (χ1v) is 5.90. The molecule has 76 valence electrons. The van der Waals surface area contributed by atoms with Gasteiger partial charge in [-0.05, 0) is 31.7 Å². The zero-order valence-corrected chi connectivity index (χ0v) is 9.54. The maximum atomic E-state index is 11.7. The zero-order valence-electron chi connectivity index (χ0n) is 7.97. The number of Topliss-reactive ketones (excluding diaryl/α,β-unsaturated/α-hetero) is 1. The molecule has 0 radical (unpaired) electrons. The number of carbonyl (C=O) groups excluding carboxylic acids is 1. The minimum atomic E-state index is -0.453. The molecule has 0 aromatic carbocycles. The van der Waals surface area contributed by atoms with E-state index in [-0.39, 0.29) is 5.78 Å². The lowest BCUT2D eigenvalue weighted by Crippen LogP contribution is -2.26. The SMILES string of the molecule is CC(N)C(=O)c1sc2c(c1Cl)CCC2. The molecule has 1 aliphatic rings. The van der Waals surface area contributed by atoms with Crippen molar-refractivity contribution >= 4 is 28.7 Å². The molecule has 0 spiro atoms. The molecule has 14 heavy (non-hydrogen) atoms. The molecular weight excluding hydrogens is 218 g/mol. The minimum Gasteiger partial charge on any atom is -0.321 e. The molecule has 0 saturated heterocycles. The summed E-state index contributed by atoms with van der Waals surface area (Å²) >= 11 is 7.67. The summed E-state index contributed by atoms with van der Waals surface area (Å²) in [4.78, 5) is 13.6. The van der Waals surface area contributed by atoms with E-state index in [1.54, 1.807) is 6.92 Å². The number of thiophene rings is 1. The first-order valence-electron chi connectivity index (χ1n) is 4.71. The van der Waals surface area contributed by atoms with E-state index in [2.05, 4.69) is 0 Å². The van der Waals surface area contributed by atoms with E-state index in [0.29, 0.717) is 9.90 Å². The van der Waals surface area contributed by atoms with Crippen molar-refractivity contribution in [1.82, 2.24) is 0 Å². The summed E-state index contributed by atoms with van der Waals surface area (Å²) in [6.07, 6.45) is 3.23. The lowest BCUT2D eigenvalue weighted by atomic mass is 10.1. The van der Waals surface area contributed by atoms with Crippen molar-refractivity contribution < 1.29 is 4.79 Å². The van der Waals surface area contributed by atoms with E-state index < -0.39 is 6.04 Å². The largest absolute Gasteiger partial charge is 0.321 e. The summed E-state index contributed by atoms with van der Waals surface area (Å²) in [5.41, 5.74) is 6.74. The minimum absolute atomic E-state index is 0.0330. The van der Waals surface area contributed by atoms with Gasteiger partial charge in [0.15, 0.2) is 5.78 Å². The van der Waals surface area contributed by atoms with E-state index >= 15 is 0 Å². The Morgan fingerprint density at radius 3 is 2.86 bits per heavy atom. The average Bonchev–Trinajstić information content (AvgIpc) is 2.68. The van der Waals surface area contributed by atoms with E-state index in [9.17, 15) is 4.79 Å². The van der Waals surface area contributed by atoms with Crippen molar-refractivity contribution in [2.45, 2.75) is 32.2 Å². The highest BCUT2D eigenvalue weighted by Crippen LogP contribution is 2.39. The molecule has 2 rings (SSSR count). The van der Waals surface area contributed by atoms with Gasteiger partial charge in [-0.25, -0.2) is 0 Å². The molecule has 1 heterocycles. The van der Waals surface area contributed by atoms with Gasteiger partial charge in [0.1, 0.15) is 0 Å². The van der Waals surface area contributed by atoms with Crippen LogP contribution < -0.4 is 5.73 Å². The van der Waals surface area contributed by atoms with Gasteiger partial charge in [0, 0.05) is 4.88 Å². The molecule has 1 aromatic heterocycles. The van der Waals surface area contributed by atoms with Crippen molar-refractivity contribution in [1.29, 1.82) is 0 Å². The molecule has 0 aliphatic heterocycles. The van der Waals surface area contributed by atoms with Crippen LogP contribution in [0.2, 0.25) is 5.02 Å². The van der Waals surface area contributed by atoms with Gasteiger partial charge in [0.05, 0.1) is 15.9 Å². The normalized spacial score (nSPS) is 16.8. The van der Waals surface area contributed by atoms with E-state index in [4.69, 9.17) is 17.3 Å². The summed E-state index contributed by atoms with van der Waals surface area (Å²) in [6, 6.07) is -0.453. The van der Waals surface area contributed by atoms with Crippen LogP contribution in [0.4, 0.5) is 0 Å². The summed E-state index contributed by atoms with van der Waals surface area (Å²) in [7, 11) is 0. The summed E-state index contributed by atoms with van der Waals surface area (Å²) in [5.74, 6) is -0.0330. The number of hydrogen-bond acceptors (Lipinski definition) is 3. The van der Waals surface area contributed by atoms with Gasteiger partial charge in [-0.15, -0.1) is 11.3 Å². The lowest BCUT2D eigenvalue weighted by Gasteiger charge is -2.02. The highest BCUT2D eigenvalue weighted by Gasteiger charge is 2.25. The van der Waals surface area contributed by atoms with Crippen LogP contribution in [0.25, 0.3) is 0 Å². The smallest absolute Gasteiger partial charge is 0.190 e. The van der Waals surface area contributed by atoms with Gasteiger partial charge in [0.25, 0.3) is 0 Å². The van der Waals surface area contributed by atoms with Gasteiger partial charge in [-0.3, -0.25) is 4.79 Å². The third-order valence-corrected chi connectivity index (χ3v) is 4.33. The fourth-order valence-corrected chi connectivity index (χ4v) is 3.52. The van der Waals surface area contributed by atoms with Gasteiger partial charge >= 0.3 is 0 Å². The number of fused-ring (bicyclic) bond motifs is 1. The Hall–Kier alpha value is -0.380. The van der Waals surface area contributed by atoms with Crippen LogP contribution in [-0.4, -0.2) is 11.8 Å². The van der Waals surface area contributed by atoms with Gasteiger partial charge < -0.3 is 5.73 Å². The Bertz CT molecular complexity index is 384. The standard InChI is InChI=1S/C10H12ClNOS/c1-5(12)9(13)10-8(11)6-3-2-4-7(6)14-10/h5H,2-4,12H2,1H3. The monoisotopic (exact) mass is 229 g/mol. The number of aryl methyl sites for hydroxylation is 1. The van der Waals surface area contributed by atoms with Crippen LogP contribution in [0.3, 0.4) is 0 Å². The molecule has 1 unspecified atom stereocenters. The van der Waals surface area contributed by atoms with Crippen LogP contribution in [-0.2, 0) is 12.8 Å².